The highest BCUT2D eigenvalue weighted by atomic mass is 16.5. The van der Waals surface area contributed by atoms with Crippen molar-refractivity contribution in [2.75, 3.05) is 33.9 Å². The lowest BCUT2D eigenvalue weighted by Gasteiger charge is -2.34. The number of hydrogen-bond donors (Lipinski definition) is 1. The third-order valence-electron chi connectivity index (χ3n) is 2.75. The second kappa shape index (κ2) is 9.13. The van der Waals surface area contributed by atoms with Crippen LogP contribution in [-0.4, -0.2) is 50.8 Å². The molecule has 1 atom stereocenters. The molecule has 3 heteroatoms. The molecule has 0 aromatic rings. The number of methoxy groups -OCH3 is 1. The van der Waals surface area contributed by atoms with Crippen LogP contribution in [-0.2, 0) is 4.74 Å². The second-order valence-corrected chi connectivity index (χ2v) is 4.32. The molecule has 0 aliphatic heterocycles. The average molecular weight is 216 g/mol. The fourth-order valence-electron chi connectivity index (χ4n) is 2.01. The third-order valence-corrected chi connectivity index (χ3v) is 2.75. The van der Waals surface area contributed by atoms with E-state index in [0.717, 1.165) is 19.7 Å². The third kappa shape index (κ3) is 6.13. The van der Waals surface area contributed by atoms with Crippen LogP contribution in [0.25, 0.3) is 0 Å². The first kappa shape index (κ1) is 14.9. The van der Waals surface area contributed by atoms with Crippen LogP contribution in [0.15, 0.2) is 0 Å². The van der Waals surface area contributed by atoms with Crippen molar-refractivity contribution in [3.63, 3.8) is 0 Å². The van der Waals surface area contributed by atoms with Crippen LogP contribution in [0.2, 0.25) is 0 Å². The Morgan fingerprint density at radius 2 is 2.00 bits per heavy atom. The van der Waals surface area contributed by atoms with Crippen molar-refractivity contribution in [3.8, 4) is 0 Å². The SMILES string of the molecule is CCCC(CNC)N(CCOC)C(C)C. The zero-order chi connectivity index (χ0) is 11.7. The Hall–Kier alpha value is -0.120. The van der Waals surface area contributed by atoms with Crippen LogP contribution in [0.1, 0.15) is 33.6 Å². The Balaban J connectivity index is 4.23. The van der Waals surface area contributed by atoms with Gasteiger partial charge in [0.2, 0.25) is 0 Å². The van der Waals surface area contributed by atoms with E-state index in [-0.39, 0.29) is 0 Å². The van der Waals surface area contributed by atoms with E-state index >= 15 is 0 Å². The predicted molar refractivity (Wildman–Crippen MR) is 66.3 cm³/mol. The highest BCUT2D eigenvalue weighted by Crippen LogP contribution is 2.10. The molecule has 3 nitrogen and oxygen atoms in total. The van der Waals surface area contributed by atoms with E-state index in [1.165, 1.54) is 12.8 Å². The number of nitrogens with one attached hydrogen (secondary N) is 1. The predicted octanol–water partition coefficient (Wildman–Crippen LogP) is 1.73. The molecule has 1 unspecified atom stereocenters. The van der Waals surface area contributed by atoms with Crippen molar-refractivity contribution in [2.24, 2.45) is 0 Å². The van der Waals surface area contributed by atoms with Crippen LogP contribution in [0, 0.1) is 0 Å². The van der Waals surface area contributed by atoms with E-state index in [9.17, 15) is 0 Å². The molecule has 92 valence electrons. The molecule has 15 heavy (non-hydrogen) atoms. The molecule has 0 aromatic carbocycles. The molecule has 0 radical (unpaired) electrons. The summed E-state index contributed by atoms with van der Waals surface area (Å²) in [6.45, 7) is 9.68. The van der Waals surface area contributed by atoms with Crippen LogP contribution in [0.3, 0.4) is 0 Å². The fourth-order valence-corrected chi connectivity index (χ4v) is 2.01. The molecule has 0 rings (SSSR count). The van der Waals surface area contributed by atoms with Gasteiger partial charge in [-0.25, -0.2) is 0 Å². The Morgan fingerprint density at radius 1 is 1.33 bits per heavy atom. The van der Waals surface area contributed by atoms with Gasteiger partial charge in [-0.2, -0.15) is 0 Å². The average Bonchev–Trinajstić information content (AvgIpc) is 2.18. The first-order valence-electron chi connectivity index (χ1n) is 6.06. The maximum absolute atomic E-state index is 5.17. The number of nitrogens with zero attached hydrogens (tertiary/aromatic N) is 1. The van der Waals surface area contributed by atoms with Crippen LogP contribution < -0.4 is 5.32 Å². The quantitative estimate of drug-likeness (QED) is 0.635. The molecule has 0 spiro atoms. The molecule has 0 aromatic heterocycles. The van der Waals surface area contributed by atoms with Gasteiger partial charge in [0.05, 0.1) is 6.61 Å². The molecule has 0 saturated carbocycles. The molecule has 0 aliphatic carbocycles. The van der Waals surface area contributed by atoms with Crippen molar-refractivity contribution in [3.05, 3.63) is 0 Å². The van der Waals surface area contributed by atoms with Gasteiger partial charge in [0.1, 0.15) is 0 Å². The molecule has 0 heterocycles. The van der Waals surface area contributed by atoms with Gasteiger partial charge >= 0.3 is 0 Å². The van der Waals surface area contributed by atoms with Crippen LogP contribution in [0.4, 0.5) is 0 Å². The zero-order valence-electron chi connectivity index (χ0n) is 11.0. The topological polar surface area (TPSA) is 24.5 Å². The highest BCUT2D eigenvalue weighted by molar-refractivity contribution is 4.76. The van der Waals surface area contributed by atoms with Crippen molar-refractivity contribution in [1.82, 2.24) is 10.2 Å². The highest BCUT2D eigenvalue weighted by Gasteiger charge is 2.19. The minimum Gasteiger partial charge on any atom is -0.383 e. The Bertz CT molecular complexity index is 134. The van der Waals surface area contributed by atoms with Gasteiger partial charge in [0.25, 0.3) is 0 Å². The van der Waals surface area contributed by atoms with Gasteiger partial charge in [0, 0.05) is 32.3 Å². The summed E-state index contributed by atoms with van der Waals surface area (Å²) in [5, 5.41) is 3.28. The van der Waals surface area contributed by atoms with E-state index in [4.69, 9.17) is 4.74 Å². The molecule has 0 fully saturated rings. The normalized spacial score (nSPS) is 13.8. The van der Waals surface area contributed by atoms with E-state index in [1.807, 2.05) is 7.05 Å². The first-order valence-corrected chi connectivity index (χ1v) is 6.06. The van der Waals surface area contributed by atoms with Gasteiger partial charge in [0.15, 0.2) is 0 Å². The monoisotopic (exact) mass is 216 g/mol. The van der Waals surface area contributed by atoms with E-state index in [0.29, 0.717) is 12.1 Å². The Kier molecular flexibility index (Phi) is 9.06. The Morgan fingerprint density at radius 3 is 2.40 bits per heavy atom. The molecule has 0 amide bonds. The van der Waals surface area contributed by atoms with Crippen LogP contribution in [0.5, 0.6) is 0 Å². The van der Waals surface area contributed by atoms with Gasteiger partial charge in [-0.05, 0) is 27.3 Å². The van der Waals surface area contributed by atoms with Gasteiger partial charge < -0.3 is 10.1 Å². The van der Waals surface area contributed by atoms with Gasteiger partial charge in [-0.3, -0.25) is 4.90 Å². The smallest absolute Gasteiger partial charge is 0.0589 e. The molecular formula is C12H28N2O. The largest absolute Gasteiger partial charge is 0.383 e. The number of rotatable bonds is 9. The standard InChI is InChI=1S/C12H28N2O/c1-6-7-12(10-13-4)14(11(2)3)8-9-15-5/h11-13H,6-10H2,1-5H3. The Labute approximate surface area is 95.2 Å². The van der Waals surface area contributed by atoms with Gasteiger partial charge in [-0.15, -0.1) is 0 Å². The molecular weight excluding hydrogens is 188 g/mol. The lowest BCUT2D eigenvalue weighted by atomic mass is 10.1. The summed E-state index contributed by atoms with van der Waals surface area (Å²) in [7, 11) is 3.79. The molecule has 0 saturated heterocycles. The number of hydrogen-bond acceptors (Lipinski definition) is 3. The summed E-state index contributed by atoms with van der Waals surface area (Å²) in [6, 6.07) is 1.22. The van der Waals surface area contributed by atoms with Crippen molar-refractivity contribution < 1.29 is 4.74 Å². The zero-order valence-corrected chi connectivity index (χ0v) is 11.0. The molecule has 1 N–H and O–H groups in total. The van der Waals surface area contributed by atoms with Crippen LogP contribution >= 0.6 is 0 Å². The number of ether oxygens (including phenoxy) is 1. The summed E-state index contributed by atoms with van der Waals surface area (Å²) in [5.74, 6) is 0. The number of likely N-dealkylation sites (N-methyl/N-ethyl adjacent to an activating group) is 1. The fraction of sp³-hybridized carbons (Fsp3) is 1.00. The summed E-state index contributed by atoms with van der Waals surface area (Å²) < 4.78 is 5.17. The van der Waals surface area contributed by atoms with E-state index in [2.05, 4.69) is 31.0 Å². The molecule has 0 aliphatic rings. The van der Waals surface area contributed by atoms with E-state index in [1.54, 1.807) is 7.11 Å². The molecule has 0 bridgehead atoms. The summed E-state index contributed by atoms with van der Waals surface area (Å²) in [6.07, 6.45) is 2.49. The summed E-state index contributed by atoms with van der Waals surface area (Å²) >= 11 is 0. The second-order valence-electron chi connectivity index (χ2n) is 4.32. The minimum absolute atomic E-state index is 0.588. The van der Waals surface area contributed by atoms with Crippen molar-refractivity contribution >= 4 is 0 Å². The maximum atomic E-state index is 5.17. The lowest BCUT2D eigenvalue weighted by Crippen LogP contribution is -2.46. The van der Waals surface area contributed by atoms with Crippen molar-refractivity contribution in [1.29, 1.82) is 0 Å². The van der Waals surface area contributed by atoms with E-state index < -0.39 is 0 Å². The lowest BCUT2D eigenvalue weighted by molar-refractivity contribution is 0.0914. The van der Waals surface area contributed by atoms with Crippen molar-refractivity contribution in [2.45, 2.75) is 45.7 Å². The maximum Gasteiger partial charge on any atom is 0.0589 e. The first-order chi connectivity index (χ1) is 7.17. The van der Waals surface area contributed by atoms with Gasteiger partial charge in [-0.1, -0.05) is 13.3 Å². The summed E-state index contributed by atoms with van der Waals surface area (Å²) in [4.78, 5) is 2.53. The summed E-state index contributed by atoms with van der Waals surface area (Å²) in [5.41, 5.74) is 0. The minimum atomic E-state index is 0.588.